The molecule has 2 N–H and O–H groups in total. The lowest BCUT2D eigenvalue weighted by Gasteiger charge is -2.52. The number of aliphatic hydroxyl groups excluding tert-OH is 1. The fourth-order valence-corrected chi connectivity index (χ4v) is 6.23. The number of carbonyl (C=O) groups is 2. The molecule has 1 aromatic carbocycles. The third kappa shape index (κ3) is 5.55. The predicted octanol–water partition coefficient (Wildman–Crippen LogP) is 2.51. The maximum absolute atomic E-state index is 13.7. The van der Waals surface area contributed by atoms with Crippen LogP contribution in [0.25, 0.3) is 0 Å². The molecule has 202 valence electrons. The average Bonchev–Trinajstić information content (AvgIpc) is 2.92. The lowest BCUT2D eigenvalue weighted by Crippen LogP contribution is -2.75. The molecule has 8 nitrogen and oxygen atoms in total. The van der Waals surface area contributed by atoms with Crippen molar-refractivity contribution in [2.75, 3.05) is 32.8 Å². The van der Waals surface area contributed by atoms with Crippen LogP contribution in [0.4, 0.5) is 0 Å². The van der Waals surface area contributed by atoms with Gasteiger partial charge in [-0.25, -0.2) is 0 Å². The fraction of sp³-hybridized carbons (Fsp3) is 0.643. The molecular weight excluding hydrogens is 494 g/mol. The van der Waals surface area contributed by atoms with Crippen molar-refractivity contribution < 1.29 is 24.2 Å². The number of halogens is 1. The number of fused-ring (bicyclic) bond motifs is 1. The molecule has 2 saturated heterocycles. The van der Waals surface area contributed by atoms with Crippen molar-refractivity contribution in [3.8, 4) is 23.3 Å². The normalized spacial score (nSPS) is 24.5. The van der Waals surface area contributed by atoms with Crippen molar-refractivity contribution >= 4 is 24.2 Å². The number of likely N-dealkylation sites (tertiary alicyclic amines) is 1. The summed E-state index contributed by atoms with van der Waals surface area (Å²) in [4.78, 5) is 31.3. The van der Waals surface area contributed by atoms with E-state index in [4.69, 9.17) is 9.47 Å². The molecule has 2 atom stereocenters. The summed E-state index contributed by atoms with van der Waals surface area (Å²) in [6.07, 6.45) is 5.30. The van der Waals surface area contributed by atoms with E-state index in [1.807, 2.05) is 12.1 Å². The zero-order valence-corrected chi connectivity index (χ0v) is 22.4. The molecule has 5 rings (SSSR count). The summed E-state index contributed by atoms with van der Waals surface area (Å²) in [6.45, 7) is 5.17. The number of ether oxygens (including phenoxy) is 2. The van der Waals surface area contributed by atoms with Gasteiger partial charge in [-0.15, -0.1) is 18.3 Å². The van der Waals surface area contributed by atoms with Gasteiger partial charge in [-0.2, -0.15) is 0 Å². The van der Waals surface area contributed by atoms with E-state index >= 15 is 0 Å². The highest BCUT2D eigenvalue weighted by Gasteiger charge is 2.55. The summed E-state index contributed by atoms with van der Waals surface area (Å²) in [5.74, 6) is 7.14. The lowest BCUT2D eigenvalue weighted by molar-refractivity contribution is -0.164. The van der Waals surface area contributed by atoms with Crippen LogP contribution >= 0.6 is 12.4 Å². The number of nitrogens with zero attached hydrogens (tertiary/aromatic N) is 2. The van der Waals surface area contributed by atoms with Crippen LogP contribution in [0.3, 0.4) is 0 Å². The van der Waals surface area contributed by atoms with Crippen LogP contribution in [-0.2, 0) is 16.1 Å². The van der Waals surface area contributed by atoms with Gasteiger partial charge in [0.15, 0.2) is 11.5 Å². The molecule has 1 spiro atoms. The Morgan fingerprint density at radius 3 is 2.51 bits per heavy atom. The van der Waals surface area contributed by atoms with Gasteiger partial charge in [0.05, 0.1) is 12.6 Å². The number of rotatable bonds is 5. The van der Waals surface area contributed by atoms with Gasteiger partial charge in [0.1, 0.15) is 24.8 Å². The van der Waals surface area contributed by atoms with E-state index in [1.165, 1.54) is 0 Å². The largest absolute Gasteiger partial charge is 0.486 e. The molecule has 1 saturated carbocycles. The Bertz CT molecular complexity index is 1040. The molecule has 9 heteroatoms. The maximum Gasteiger partial charge on any atom is 0.249 e. The second-order valence-corrected chi connectivity index (χ2v) is 10.5. The van der Waals surface area contributed by atoms with Crippen molar-refractivity contribution in [3.63, 3.8) is 0 Å². The van der Waals surface area contributed by atoms with Crippen LogP contribution in [0.5, 0.6) is 11.5 Å². The summed E-state index contributed by atoms with van der Waals surface area (Å²) in [5, 5.41) is 14.0. The first-order valence-corrected chi connectivity index (χ1v) is 13.3. The van der Waals surface area contributed by atoms with E-state index in [2.05, 4.69) is 28.1 Å². The summed E-state index contributed by atoms with van der Waals surface area (Å²) in [5.41, 5.74) is 0.205. The summed E-state index contributed by atoms with van der Waals surface area (Å²) < 4.78 is 11.3. The molecule has 0 unspecified atom stereocenters. The quantitative estimate of drug-likeness (QED) is 0.567. The fourth-order valence-electron chi connectivity index (χ4n) is 6.23. The minimum Gasteiger partial charge on any atom is -0.486 e. The van der Waals surface area contributed by atoms with Crippen LogP contribution in [0.2, 0.25) is 0 Å². The lowest BCUT2D eigenvalue weighted by atomic mass is 9.78. The Balaban J connectivity index is 0.00000320. The monoisotopic (exact) mass is 531 g/mol. The van der Waals surface area contributed by atoms with Gasteiger partial charge in [0.2, 0.25) is 11.8 Å². The minimum absolute atomic E-state index is 0. The number of piperazine rings is 1. The number of nitrogens with one attached hydrogen (secondary N) is 1. The van der Waals surface area contributed by atoms with Gasteiger partial charge in [-0.3, -0.25) is 14.5 Å². The molecule has 0 bridgehead atoms. The zero-order valence-electron chi connectivity index (χ0n) is 21.5. The van der Waals surface area contributed by atoms with E-state index in [9.17, 15) is 14.7 Å². The third-order valence-corrected chi connectivity index (χ3v) is 8.34. The van der Waals surface area contributed by atoms with E-state index in [1.54, 1.807) is 11.8 Å². The number of hydrogen-bond donors (Lipinski definition) is 2. The van der Waals surface area contributed by atoms with Crippen LogP contribution in [0.15, 0.2) is 18.2 Å². The maximum atomic E-state index is 13.7. The molecule has 3 fully saturated rings. The van der Waals surface area contributed by atoms with Crippen molar-refractivity contribution in [1.82, 2.24) is 15.1 Å². The molecule has 3 aliphatic heterocycles. The standard InChI is InChI=1S/C28H37N3O5.ClH/c1-2-3-13-31-26(33)24(25(32)21-7-5-4-6-8-21)29-27(34)28(31)11-14-30(15-12-28)19-20-9-10-22-23(18-20)36-17-16-35-22;/h9-10,18,21,24-25,32H,4-8,11-17,19H2,1H3,(H,29,34);1H/t24-,25-;/m1./s1. The number of hydrogen-bond acceptors (Lipinski definition) is 6. The van der Waals surface area contributed by atoms with Crippen LogP contribution < -0.4 is 14.8 Å². The number of amides is 2. The van der Waals surface area contributed by atoms with Gasteiger partial charge in [-0.05, 0) is 56.2 Å². The highest BCUT2D eigenvalue weighted by atomic mass is 35.5. The zero-order chi connectivity index (χ0) is 25.1. The van der Waals surface area contributed by atoms with Crippen molar-refractivity contribution in [3.05, 3.63) is 23.8 Å². The summed E-state index contributed by atoms with van der Waals surface area (Å²) in [6, 6.07) is 5.14. The smallest absolute Gasteiger partial charge is 0.249 e. The first-order chi connectivity index (χ1) is 17.5. The molecule has 0 radical (unpaired) electrons. The second-order valence-electron chi connectivity index (χ2n) is 10.5. The van der Waals surface area contributed by atoms with Crippen molar-refractivity contribution in [1.29, 1.82) is 0 Å². The van der Waals surface area contributed by atoms with Gasteiger partial charge in [0, 0.05) is 19.6 Å². The predicted molar refractivity (Wildman–Crippen MR) is 142 cm³/mol. The highest BCUT2D eigenvalue weighted by molar-refractivity contribution is 6.00. The molecular formula is C28H38ClN3O5. The van der Waals surface area contributed by atoms with Crippen LogP contribution in [0.1, 0.15) is 57.4 Å². The Morgan fingerprint density at radius 1 is 1.11 bits per heavy atom. The van der Waals surface area contributed by atoms with Crippen molar-refractivity contribution in [2.24, 2.45) is 5.92 Å². The number of carbonyl (C=O) groups excluding carboxylic acids is 2. The van der Waals surface area contributed by atoms with E-state index < -0.39 is 17.7 Å². The molecule has 0 aromatic heterocycles. The van der Waals surface area contributed by atoms with Crippen molar-refractivity contribution in [2.45, 2.75) is 76.1 Å². The van der Waals surface area contributed by atoms with E-state index in [-0.39, 0.29) is 36.7 Å². The molecule has 37 heavy (non-hydrogen) atoms. The number of aliphatic hydroxyl groups is 1. The number of benzene rings is 1. The molecule has 4 aliphatic rings. The highest BCUT2D eigenvalue weighted by Crippen LogP contribution is 2.37. The first kappa shape index (κ1) is 27.6. The topological polar surface area (TPSA) is 91.3 Å². The van der Waals surface area contributed by atoms with Gasteiger partial charge >= 0.3 is 0 Å². The Labute approximate surface area is 225 Å². The van der Waals surface area contributed by atoms with Crippen LogP contribution in [-0.4, -0.2) is 77.3 Å². The summed E-state index contributed by atoms with van der Waals surface area (Å²) >= 11 is 0. The SMILES string of the molecule is CC#CCN1C(=O)[C@@H]([C@H](O)C2CCCCC2)NC(=O)C12CCN(Cc1ccc3c(c1)OCCO3)CC2.Cl. The van der Waals surface area contributed by atoms with Crippen LogP contribution in [0, 0.1) is 17.8 Å². The molecule has 3 heterocycles. The Kier molecular flexibility index (Phi) is 8.89. The van der Waals surface area contributed by atoms with Gasteiger partial charge < -0.3 is 24.8 Å². The minimum atomic E-state index is -0.924. The van der Waals surface area contributed by atoms with Gasteiger partial charge in [0.25, 0.3) is 0 Å². The van der Waals surface area contributed by atoms with E-state index in [0.717, 1.165) is 55.7 Å². The third-order valence-electron chi connectivity index (χ3n) is 8.34. The number of piperidine rings is 1. The first-order valence-electron chi connectivity index (χ1n) is 13.3. The Morgan fingerprint density at radius 2 is 1.81 bits per heavy atom. The Hall–Kier alpha value is -2.47. The summed E-state index contributed by atoms with van der Waals surface area (Å²) in [7, 11) is 0. The molecule has 2 amide bonds. The molecule has 1 aliphatic carbocycles. The molecule has 1 aromatic rings. The van der Waals surface area contributed by atoms with E-state index in [0.29, 0.717) is 39.1 Å². The average molecular weight is 532 g/mol. The second kappa shape index (κ2) is 11.9. The van der Waals surface area contributed by atoms with Gasteiger partial charge in [-0.1, -0.05) is 31.2 Å².